The fourth-order valence-electron chi connectivity index (χ4n) is 2.05. The van der Waals surface area contributed by atoms with E-state index in [-0.39, 0.29) is 5.60 Å². The van der Waals surface area contributed by atoms with Crippen molar-refractivity contribution in [2.45, 2.75) is 66.4 Å². The summed E-state index contributed by atoms with van der Waals surface area (Å²) in [7, 11) is 0. The molecule has 16 heavy (non-hydrogen) atoms. The lowest BCUT2D eigenvalue weighted by Crippen LogP contribution is -2.31. The molecule has 0 rings (SSSR count). The van der Waals surface area contributed by atoms with Crippen LogP contribution in [0.15, 0.2) is 0 Å². The molecule has 0 aliphatic heterocycles. The third kappa shape index (κ3) is 10.4. The topological polar surface area (TPSA) is 18.5 Å². The van der Waals surface area contributed by atoms with Gasteiger partial charge >= 0.3 is 0 Å². The molecule has 0 spiro atoms. The summed E-state index contributed by atoms with van der Waals surface area (Å²) in [5, 5.41) is 0. The van der Waals surface area contributed by atoms with Gasteiger partial charge in [0.1, 0.15) is 0 Å². The molecule has 0 aliphatic carbocycles. The van der Waals surface area contributed by atoms with Crippen LogP contribution in [0.4, 0.5) is 0 Å². The Morgan fingerprint density at radius 1 is 0.875 bits per heavy atom. The Kier molecular flexibility index (Phi) is 7.25. The number of hydrogen-bond donors (Lipinski definition) is 0. The van der Waals surface area contributed by atoms with Gasteiger partial charge in [-0.15, -0.1) is 0 Å². The molecule has 0 amide bonds. The fraction of sp³-hybridized carbons (Fsp3) is 1.00. The third-order valence-electron chi connectivity index (χ3n) is 2.32. The molecule has 2 heteroatoms. The molecule has 0 radical (unpaired) electrons. The van der Waals surface area contributed by atoms with Crippen LogP contribution in [0, 0.1) is 5.41 Å². The average Bonchev–Trinajstić information content (AvgIpc) is 2.06. The molecule has 0 atom stereocenters. The first-order chi connectivity index (χ1) is 7.27. The summed E-state index contributed by atoms with van der Waals surface area (Å²) in [6, 6.07) is 0. The molecule has 0 fully saturated rings. The zero-order valence-electron chi connectivity index (χ0n) is 12.1. The first-order valence-corrected chi connectivity index (χ1v) is 6.48. The van der Waals surface area contributed by atoms with Crippen molar-refractivity contribution in [3.8, 4) is 0 Å². The molecule has 0 aromatic heterocycles. The highest BCUT2D eigenvalue weighted by molar-refractivity contribution is 4.76. The van der Waals surface area contributed by atoms with Crippen molar-refractivity contribution in [1.82, 2.24) is 0 Å². The lowest BCUT2D eigenvalue weighted by Gasteiger charge is -2.32. The van der Waals surface area contributed by atoms with E-state index < -0.39 is 0 Å². The van der Waals surface area contributed by atoms with Crippen molar-refractivity contribution >= 4 is 0 Å². The largest absolute Gasteiger partial charge is 0.379 e. The zero-order chi connectivity index (χ0) is 12.7. The summed E-state index contributed by atoms with van der Waals surface area (Å²) >= 11 is 0. The first-order valence-electron chi connectivity index (χ1n) is 6.48. The number of ether oxygens (including phenoxy) is 2. The van der Waals surface area contributed by atoms with Gasteiger partial charge in [-0.05, 0) is 32.1 Å². The van der Waals surface area contributed by atoms with E-state index in [0.717, 1.165) is 19.4 Å². The van der Waals surface area contributed by atoms with Crippen LogP contribution in [0.5, 0.6) is 0 Å². The molecule has 0 saturated carbocycles. The van der Waals surface area contributed by atoms with Crippen molar-refractivity contribution in [3.05, 3.63) is 0 Å². The molecule has 0 saturated heterocycles. The Morgan fingerprint density at radius 3 is 2.00 bits per heavy atom. The van der Waals surface area contributed by atoms with Gasteiger partial charge < -0.3 is 9.47 Å². The van der Waals surface area contributed by atoms with Crippen LogP contribution in [0.2, 0.25) is 0 Å². The predicted molar refractivity (Wildman–Crippen MR) is 69.8 cm³/mol. The van der Waals surface area contributed by atoms with E-state index in [2.05, 4.69) is 41.5 Å². The minimum atomic E-state index is -0.0492. The maximum atomic E-state index is 5.86. The number of hydrogen-bond acceptors (Lipinski definition) is 2. The Hall–Kier alpha value is -0.0800. The second kappa shape index (κ2) is 7.29. The van der Waals surface area contributed by atoms with E-state index in [4.69, 9.17) is 9.47 Å². The molecular weight excluding hydrogens is 200 g/mol. The van der Waals surface area contributed by atoms with Crippen molar-refractivity contribution in [1.29, 1.82) is 0 Å². The van der Waals surface area contributed by atoms with Gasteiger partial charge in [0.25, 0.3) is 0 Å². The maximum Gasteiger partial charge on any atom is 0.0707 e. The fourth-order valence-corrected chi connectivity index (χ4v) is 2.05. The van der Waals surface area contributed by atoms with E-state index >= 15 is 0 Å². The lowest BCUT2D eigenvalue weighted by atomic mass is 9.84. The van der Waals surface area contributed by atoms with Gasteiger partial charge in [-0.3, -0.25) is 0 Å². The van der Waals surface area contributed by atoms with Crippen molar-refractivity contribution < 1.29 is 9.47 Å². The Bertz CT molecular complexity index is 168. The normalized spacial score (nSPS) is 13.1. The second-order valence-electron chi connectivity index (χ2n) is 6.31. The quantitative estimate of drug-likeness (QED) is 0.586. The Morgan fingerprint density at radius 2 is 1.50 bits per heavy atom. The van der Waals surface area contributed by atoms with Crippen molar-refractivity contribution in [3.63, 3.8) is 0 Å². The van der Waals surface area contributed by atoms with Crippen LogP contribution >= 0.6 is 0 Å². The number of unbranched alkanes of at least 4 members (excludes halogenated alkanes) is 1. The zero-order valence-corrected chi connectivity index (χ0v) is 12.1. The molecule has 2 nitrogen and oxygen atoms in total. The molecule has 0 aromatic rings. The van der Waals surface area contributed by atoms with E-state index in [1.165, 1.54) is 6.42 Å². The minimum absolute atomic E-state index is 0.0492. The molecule has 0 heterocycles. The first kappa shape index (κ1) is 15.9. The average molecular weight is 230 g/mol. The van der Waals surface area contributed by atoms with Crippen LogP contribution < -0.4 is 0 Å². The van der Waals surface area contributed by atoms with Crippen LogP contribution in [-0.4, -0.2) is 25.4 Å². The summed E-state index contributed by atoms with van der Waals surface area (Å²) in [4.78, 5) is 0. The smallest absolute Gasteiger partial charge is 0.0707 e. The minimum Gasteiger partial charge on any atom is -0.379 e. The summed E-state index contributed by atoms with van der Waals surface area (Å²) in [5.74, 6) is 0. The molecule has 98 valence electrons. The molecule has 0 aromatic carbocycles. The SMILES string of the molecule is CCCCOCCOC(C)(C)CC(C)(C)C. The molecule has 0 unspecified atom stereocenters. The summed E-state index contributed by atoms with van der Waals surface area (Å²) in [6.07, 6.45) is 3.40. The summed E-state index contributed by atoms with van der Waals surface area (Å²) < 4.78 is 11.3. The predicted octanol–water partition coefficient (Wildman–Crippen LogP) is 4.03. The monoisotopic (exact) mass is 230 g/mol. The summed E-state index contributed by atoms with van der Waals surface area (Å²) in [5.41, 5.74) is 0.263. The van der Waals surface area contributed by atoms with Crippen LogP contribution in [-0.2, 0) is 9.47 Å². The van der Waals surface area contributed by atoms with Crippen molar-refractivity contribution in [2.24, 2.45) is 5.41 Å². The number of rotatable bonds is 8. The van der Waals surface area contributed by atoms with Crippen molar-refractivity contribution in [2.75, 3.05) is 19.8 Å². The molecular formula is C14H30O2. The van der Waals surface area contributed by atoms with E-state index in [9.17, 15) is 0 Å². The summed E-state index contributed by atoms with van der Waals surface area (Å²) in [6.45, 7) is 15.5. The highest BCUT2D eigenvalue weighted by Crippen LogP contribution is 2.29. The molecule has 0 bridgehead atoms. The van der Waals surface area contributed by atoms with Gasteiger partial charge in [0.2, 0.25) is 0 Å². The van der Waals surface area contributed by atoms with Gasteiger partial charge in [-0.1, -0.05) is 34.1 Å². The third-order valence-corrected chi connectivity index (χ3v) is 2.32. The van der Waals surface area contributed by atoms with Crippen LogP contribution in [0.3, 0.4) is 0 Å². The Labute approximate surface area is 102 Å². The maximum absolute atomic E-state index is 5.86. The van der Waals surface area contributed by atoms with Crippen LogP contribution in [0.1, 0.15) is 60.8 Å². The van der Waals surface area contributed by atoms with Gasteiger partial charge in [0.15, 0.2) is 0 Å². The molecule has 0 N–H and O–H groups in total. The lowest BCUT2D eigenvalue weighted by molar-refractivity contribution is -0.0651. The standard InChI is InChI=1S/C14H30O2/c1-7-8-9-15-10-11-16-14(5,6)12-13(2,3)4/h7-12H2,1-6H3. The van der Waals surface area contributed by atoms with Gasteiger partial charge in [-0.2, -0.15) is 0 Å². The highest BCUT2D eigenvalue weighted by atomic mass is 16.5. The van der Waals surface area contributed by atoms with Crippen LogP contribution in [0.25, 0.3) is 0 Å². The Balaban J connectivity index is 3.58. The molecule has 0 aliphatic rings. The van der Waals surface area contributed by atoms with E-state index in [1.54, 1.807) is 0 Å². The highest BCUT2D eigenvalue weighted by Gasteiger charge is 2.25. The second-order valence-corrected chi connectivity index (χ2v) is 6.31. The van der Waals surface area contributed by atoms with E-state index in [1.807, 2.05) is 0 Å². The van der Waals surface area contributed by atoms with E-state index in [0.29, 0.717) is 18.6 Å². The van der Waals surface area contributed by atoms with Gasteiger partial charge in [0, 0.05) is 6.61 Å². The van der Waals surface area contributed by atoms with Gasteiger partial charge in [-0.25, -0.2) is 0 Å². The van der Waals surface area contributed by atoms with Gasteiger partial charge in [0.05, 0.1) is 18.8 Å².